The zero-order valence-electron chi connectivity index (χ0n) is 15.2. The molecule has 24 heavy (non-hydrogen) atoms. The smallest absolute Gasteiger partial charge is 0.223 e. The lowest BCUT2D eigenvalue weighted by atomic mass is 9.45. The van der Waals surface area contributed by atoms with Gasteiger partial charge in [-0.15, -0.1) is 0 Å². The van der Waals surface area contributed by atoms with Crippen LogP contribution < -0.4 is 0 Å². The number of aliphatic hydroxyl groups is 1. The maximum Gasteiger partial charge on any atom is 0.223 e. The molecule has 0 aromatic heterocycles. The Morgan fingerprint density at radius 2 is 1.88 bits per heavy atom. The molecule has 0 bridgehead atoms. The van der Waals surface area contributed by atoms with Gasteiger partial charge in [0.25, 0.3) is 0 Å². The van der Waals surface area contributed by atoms with Crippen LogP contribution in [0.1, 0.15) is 59.8 Å². The predicted molar refractivity (Wildman–Crippen MR) is 93.3 cm³/mol. The van der Waals surface area contributed by atoms with E-state index in [2.05, 4.69) is 33.8 Å². The van der Waals surface area contributed by atoms with Crippen LogP contribution in [0.5, 0.6) is 0 Å². The molecule has 2 saturated carbocycles. The van der Waals surface area contributed by atoms with Crippen LogP contribution in [0.15, 0.2) is 35.3 Å². The zero-order chi connectivity index (χ0) is 17.3. The third-order valence-corrected chi connectivity index (χ3v) is 7.35. The topological polar surface area (TPSA) is 46.5 Å². The molecule has 1 aliphatic heterocycles. The van der Waals surface area contributed by atoms with Gasteiger partial charge < -0.3 is 9.84 Å². The molecule has 0 radical (unpaired) electrons. The van der Waals surface area contributed by atoms with E-state index in [4.69, 9.17) is 4.74 Å². The summed E-state index contributed by atoms with van der Waals surface area (Å²) < 4.78 is 6.40. The van der Waals surface area contributed by atoms with Crippen LogP contribution in [0, 0.1) is 22.7 Å². The molecule has 1 heterocycles. The third-order valence-electron chi connectivity index (χ3n) is 7.35. The summed E-state index contributed by atoms with van der Waals surface area (Å²) in [5.41, 5.74) is 1.19. The lowest BCUT2D eigenvalue weighted by Crippen LogP contribution is -2.58. The monoisotopic (exact) mass is 328 g/mol. The van der Waals surface area contributed by atoms with Gasteiger partial charge in [-0.25, -0.2) is 0 Å². The van der Waals surface area contributed by atoms with Crippen molar-refractivity contribution in [2.24, 2.45) is 22.7 Å². The molecule has 1 N–H and O–H groups in total. The molecule has 3 nitrogen and oxygen atoms in total. The summed E-state index contributed by atoms with van der Waals surface area (Å²) in [4.78, 5) is 11.8. The molecule has 4 atom stereocenters. The number of ether oxygens (including phenoxy) is 1. The summed E-state index contributed by atoms with van der Waals surface area (Å²) in [7, 11) is 0. The highest BCUT2D eigenvalue weighted by atomic mass is 16.5. The standard InChI is InChI=1S/C21H28O3/c1-19(2)7-5-8-20(3)17(19)6-9-21(4)18(20)11-13-10-14(22)15(23)12-16(13)24-21/h10-12,17-18,22H,5-9H2,1-4H3/t17?,18?,20-,21-/m0/s1. The van der Waals surface area contributed by atoms with Gasteiger partial charge in [0.05, 0.1) is 0 Å². The number of rotatable bonds is 0. The van der Waals surface area contributed by atoms with E-state index < -0.39 is 0 Å². The summed E-state index contributed by atoms with van der Waals surface area (Å²) in [6, 6.07) is 0. The van der Waals surface area contributed by atoms with Crippen LogP contribution in [0.4, 0.5) is 0 Å². The maximum absolute atomic E-state index is 11.8. The van der Waals surface area contributed by atoms with E-state index in [0.29, 0.717) is 23.0 Å². The van der Waals surface area contributed by atoms with Crippen LogP contribution in [0.2, 0.25) is 0 Å². The summed E-state index contributed by atoms with van der Waals surface area (Å²) in [5, 5.41) is 9.83. The second-order valence-corrected chi connectivity index (χ2v) is 9.36. The average molecular weight is 328 g/mol. The Hall–Kier alpha value is -1.51. The van der Waals surface area contributed by atoms with Gasteiger partial charge in [0.1, 0.15) is 11.4 Å². The van der Waals surface area contributed by atoms with Gasteiger partial charge in [-0.2, -0.15) is 0 Å². The van der Waals surface area contributed by atoms with E-state index in [1.165, 1.54) is 31.8 Å². The largest absolute Gasteiger partial charge is 0.504 e. The van der Waals surface area contributed by atoms with Crippen LogP contribution in [-0.4, -0.2) is 16.5 Å². The lowest BCUT2D eigenvalue weighted by Gasteiger charge is -2.62. The first-order valence-corrected chi connectivity index (χ1v) is 9.24. The Labute approximate surface area is 144 Å². The van der Waals surface area contributed by atoms with Gasteiger partial charge in [-0.1, -0.05) is 33.3 Å². The number of hydrogen-bond acceptors (Lipinski definition) is 3. The molecule has 0 aromatic rings. The van der Waals surface area contributed by atoms with Gasteiger partial charge in [-0.05, 0) is 55.4 Å². The van der Waals surface area contributed by atoms with E-state index in [9.17, 15) is 9.90 Å². The molecule has 3 heteroatoms. The molecule has 4 aliphatic rings. The number of fused-ring (bicyclic) bond motifs is 4. The fourth-order valence-electron chi connectivity index (χ4n) is 6.24. The molecule has 4 rings (SSSR count). The molecular weight excluding hydrogens is 300 g/mol. The van der Waals surface area contributed by atoms with Crippen LogP contribution in [0.25, 0.3) is 0 Å². The Kier molecular flexibility index (Phi) is 3.18. The van der Waals surface area contributed by atoms with Crippen molar-refractivity contribution in [3.05, 3.63) is 35.3 Å². The summed E-state index contributed by atoms with van der Waals surface area (Å²) >= 11 is 0. The van der Waals surface area contributed by atoms with E-state index in [0.717, 1.165) is 12.0 Å². The molecule has 3 aliphatic carbocycles. The Bertz CT molecular complexity index is 696. The molecule has 0 saturated heterocycles. The number of ketones is 1. The molecule has 2 fully saturated rings. The highest BCUT2D eigenvalue weighted by Crippen LogP contribution is 2.64. The minimum absolute atomic E-state index is 0.182. The lowest BCUT2D eigenvalue weighted by molar-refractivity contribution is -0.162. The van der Waals surface area contributed by atoms with Crippen molar-refractivity contribution < 1.29 is 14.6 Å². The van der Waals surface area contributed by atoms with Gasteiger partial charge in [0.15, 0.2) is 5.76 Å². The van der Waals surface area contributed by atoms with Crippen molar-refractivity contribution in [2.75, 3.05) is 0 Å². The minimum atomic E-state index is -0.358. The fourth-order valence-corrected chi connectivity index (χ4v) is 6.24. The van der Waals surface area contributed by atoms with Crippen molar-refractivity contribution >= 4 is 5.78 Å². The van der Waals surface area contributed by atoms with Gasteiger partial charge in [-0.3, -0.25) is 4.79 Å². The Balaban J connectivity index is 1.82. The minimum Gasteiger partial charge on any atom is -0.504 e. The third kappa shape index (κ3) is 2.06. The first-order chi connectivity index (χ1) is 11.2. The van der Waals surface area contributed by atoms with Gasteiger partial charge in [0, 0.05) is 17.6 Å². The van der Waals surface area contributed by atoms with E-state index in [1.807, 2.05) is 0 Å². The summed E-state index contributed by atoms with van der Waals surface area (Å²) in [6.07, 6.45) is 11.3. The van der Waals surface area contributed by atoms with Gasteiger partial charge >= 0.3 is 0 Å². The van der Waals surface area contributed by atoms with Crippen molar-refractivity contribution in [1.29, 1.82) is 0 Å². The zero-order valence-corrected chi connectivity index (χ0v) is 15.2. The molecule has 130 valence electrons. The molecular formula is C21H28O3. The Morgan fingerprint density at radius 3 is 2.62 bits per heavy atom. The number of aliphatic hydroxyl groups excluding tert-OH is 1. The highest BCUT2D eigenvalue weighted by Gasteiger charge is 2.60. The number of allylic oxidation sites excluding steroid dienone is 2. The second kappa shape index (κ2) is 4.77. The fraction of sp³-hybridized carbons (Fsp3) is 0.667. The van der Waals surface area contributed by atoms with Crippen LogP contribution in [-0.2, 0) is 9.53 Å². The SMILES string of the molecule is CC1(C)CCC[C@@]2(C)C1CC[C@]1(C)OC3=CC(=O)C(O)=CC3=CC21. The summed E-state index contributed by atoms with van der Waals surface area (Å²) in [5.74, 6) is 1.09. The molecule has 0 spiro atoms. The maximum atomic E-state index is 11.8. The van der Waals surface area contributed by atoms with Crippen molar-refractivity contribution in [1.82, 2.24) is 0 Å². The normalized spacial score (nSPS) is 43.3. The second-order valence-electron chi connectivity index (χ2n) is 9.36. The van der Waals surface area contributed by atoms with E-state index >= 15 is 0 Å². The van der Waals surface area contributed by atoms with Crippen molar-refractivity contribution in [2.45, 2.75) is 65.4 Å². The van der Waals surface area contributed by atoms with Crippen LogP contribution >= 0.6 is 0 Å². The number of carbonyl (C=O) groups excluding carboxylic acids is 1. The summed E-state index contributed by atoms with van der Waals surface area (Å²) in [6.45, 7) is 9.49. The average Bonchev–Trinajstić information content (AvgIpc) is 2.46. The van der Waals surface area contributed by atoms with E-state index in [1.54, 1.807) is 6.08 Å². The quantitative estimate of drug-likeness (QED) is 0.691. The molecule has 0 aromatic carbocycles. The number of carbonyl (C=O) groups is 1. The number of hydrogen-bond donors (Lipinski definition) is 1. The van der Waals surface area contributed by atoms with Crippen molar-refractivity contribution in [3.8, 4) is 0 Å². The molecule has 2 unspecified atom stereocenters. The van der Waals surface area contributed by atoms with E-state index in [-0.39, 0.29) is 22.6 Å². The van der Waals surface area contributed by atoms with Crippen molar-refractivity contribution in [3.63, 3.8) is 0 Å². The highest BCUT2D eigenvalue weighted by molar-refractivity contribution is 6.04. The predicted octanol–water partition coefficient (Wildman–Crippen LogP) is 4.85. The van der Waals surface area contributed by atoms with Crippen LogP contribution in [0.3, 0.4) is 0 Å². The van der Waals surface area contributed by atoms with Gasteiger partial charge in [0.2, 0.25) is 5.78 Å². The first-order valence-electron chi connectivity index (χ1n) is 9.24. The Morgan fingerprint density at radius 1 is 1.12 bits per heavy atom. The molecule has 0 amide bonds. The first kappa shape index (κ1) is 16.0.